The number of thiazole rings is 1. The van der Waals surface area contributed by atoms with Crippen LogP contribution >= 0.6 is 31.2 Å². The van der Waals surface area contributed by atoms with Gasteiger partial charge in [0.2, 0.25) is 0 Å². The van der Waals surface area contributed by atoms with Gasteiger partial charge in [-0.1, -0.05) is 0 Å². The molecule has 4 heterocycles. The van der Waals surface area contributed by atoms with Gasteiger partial charge in [-0.15, -0.1) is 0 Å². The molecule has 1 aliphatic carbocycles. The normalized spacial score (nSPS) is 25.1. The van der Waals surface area contributed by atoms with E-state index in [1.165, 1.54) is 26.0 Å². The zero-order valence-electron chi connectivity index (χ0n) is 18.3. The van der Waals surface area contributed by atoms with Gasteiger partial charge in [-0.25, -0.2) is 0 Å². The fourth-order valence-corrected chi connectivity index (χ4v) is 12.5. The van der Waals surface area contributed by atoms with E-state index in [0.717, 1.165) is 49.5 Å². The van der Waals surface area contributed by atoms with Crippen molar-refractivity contribution in [1.82, 2.24) is 20.3 Å². The molecule has 1 saturated carbocycles. The Kier molecular flexibility index (Phi) is 5.51. The summed E-state index contributed by atoms with van der Waals surface area (Å²) >= 11 is 0.164. The second kappa shape index (κ2) is 8.50. The monoisotopic (exact) mass is 558 g/mol. The molecule has 2 aliphatic heterocycles. The summed E-state index contributed by atoms with van der Waals surface area (Å²) in [6, 6.07) is 4.54. The Balaban J connectivity index is 1.27. The first kappa shape index (κ1) is 20.7. The number of ether oxygens (including phenoxy) is 1. The number of rotatable bonds is 4. The molecule has 1 N–H and O–H groups in total. The molecule has 3 aromatic rings. The van der Waals surface area contributed by atoms with Crippen molar-refractivity contribution in [2.75, 3.05) is 6.54 Å². The molecule has 3 aliphatic rings. The van der Waals surface area contributed by atoms with Crippen LogP contribution in [0.3, 0.4) is 0 Å². The van der Waals surface area contributed by atoms with Crippen molar-refractivity contribution >= 4 is 37.2 Å². The van der Waals surface area contributed by atoms with E-state index in [4.69, 9.17) is 9.72 Å². The first-order chi connectivity index (χ1) is 15.7. The third kappa shape index (κ3) is 3.68. The molecule has 0 bridgehead atoms. The summed E-state index contributed by atoms with van der Waals surface area (Å²) in [6.07, 6.45) is 7.60. The van der Waals surface area contributed by atoms with E-state index in [9.17, 15) is 0 Å². The molecule has 0 saturated heterocycles. The van der Waals surface area contributed by atoms with Gasteiger partial charge in [0.25, 0.3) is 0 Å². The quantitative estimate of drug-likeness (QED) is 0.262. The van der Waals surface area contributed by atoms with E-state index in [1.54, 1.807) is 17.7 Å². The molecule has 0 amide bonds. The van der Waals surface area contributed by atoms with Crippen LogP contribution in [0.2, 0.25) is 0 Å². The molecule has 1 fully saturated rings. The van der Waals surface area contributed by atoms with Crippen LogP contribution in [-0.2, 0) is 13.0 Å². The van der Waals surface area contributed by atoms with Crippen LogP contribution in [0.5, 0.6) is 5.75 Å². The van der Waals surface area contributed by atoms with Crippen molar-refractivity contribution in [3.63, 3.8) is 0 Å². The van der Waals surface area contributed by atoms with E-state index in [0.29, 0.717) is 9.84 Å². The molecular weight excluding hydrogens is 531 g/mol. The van der Waals surface area contributed by atoms with Crippen LogP contribution in [0.15, 0.2) is 33.4 Å². The molecule has 166 valence electrons. The summed E-state index contributed by atoms with van der Waals surface area (Å²) < 4.78 is 11.3. The second-order valence-electron chi connectivity index (χ2n) is 8.92. The summed E-state index contributed by atoms with van der Waals surface area (Å²) in [4.78, 5) is 13.7. The van der Waals surface area contributed by atoms with Crippen LogP contribution < -0.4 is 10.1 Å². The number of nitrogens with one attached hydrogen (secondary N) is 1. The van der Waals surface area contributed by atoms with Crippen molar-refractivity contribution in [3.8, 4) is 17.0 Å². The van der Waals surface area contributed by atoms with Gasteiger partial charge >= 0.3 is 201 Å². The zero-order chi connectivity index (χ0) is 21.7. The zero-order valence-corrected chi connectivity index (χ0v) is 21.3. The van der Waals surface area contributed by atoms with Crippen molar-refractivity contribution in [2.45, 2.75) is 49.7 Å². The van der Waals surface area contributed by atoms with Crippen molar-refractivity contribution in [2.24, 2.45) is 5.92 Å². The fourth-order valence-electron chi connectivity index (χ4n) is 5.15. The summed E-state index contributed by atoms with van der Waals surface area (Å²) in [5.41, 5.74) is 9.27. The molecule has 0 unspecified atom stereocenters. The number of benzene rings is 1. The number of nitrogens with zero attached hydrogens (tertiary/aromatic N) is 3. The van der Waals surface area contributed by atoms with E-state index in [-0.39, 0.29) is 6.10 Å². The molecule has 6 rings (SSSR count). The van der Waals surface area contributed by atoms with Gasteiger partial charge in [0.15, 0.2) is 0 Å². The van der Waals surface area contributed by atoms with Crippen molar-refractivity contribution < 1.29 is 4.74 Å². The van der Waals surface area contributed by atoms with E-state index < -0.39 is 19.8 Å². The number of alkyl halides is 1. The summed E-state index contributed by atoms with van der Waals surface area (Å²) in [5, 5.41) is 5.66. The molecule has 0 radical (unpaired) electrons. The Bertz CT molecular complexity index is 1180. The second-order valence-corrected chi connectivity index (χ2v) is 14.9. The molecule has 7 heteroatoms. The molecule has 5 nitrogen and oxygen atoms in total. The van der Waals surface area contributed by atoms with E-state index >= 15 is 0 Å². The van der Waals surface area contributed by atoms with Crippen LogP contribution in [0.1, 0.15) is 42.1 Å². The predicted molar refractivity (Wildman–Crippen MR) is 138 cm³/mol. The minimum atomic E-state index is -1.48. The van der Waals surface area contributed by atoms with Crippen LogP contribution in [0, 0.1) is 16.5 Å². The van der Waals surface area contributed by atoms with Gasteiger partial charge in [0, 0.05) is 0 Å². The summed E-state index contributed by atoms with van der Waals surface area (Å²) in [6.45, 7) is 6.42. The Morgan fingerprint density at radius 3 is 3.00 bits per heavy atom. The minimum absolute atomic E-state index is 0.268. The van der Waals surface area contributed by atoms with Crippen molar-refractivity contribution in [3.05, 3.63) is 59.5 Å². The van der Waals surface area contributed by atoms with Crippen LogP contribution in [-0.4, -0.2) is 31.5 Å². The van der Waals surface area contributed by atoms with E-state index in [2.05, 4.69) is 56.8 Å². The number of fused-ring (bicyclic) bond motifs is 2. The van der Waals surface area contributed by atoms with Gasteiger partial charge in [0.05, 0.1) is 0 Å². The Morgan fingerprint density at radius 2 is 2.12 bits per heavy atom. The SMILES string of the molecule is Cc1ncnc2c1C=CI2[C@@H]1C[C@H](Oc2cc(-c3cscn3)cc3c2CNCC3)C[C@H]1C. The Morgan fingerprint density at radius 1 is 1.19 bits per heavy atom. The average molecular weight is 558 g/mol. The maximum absolute atomic E-state index is 6.79. The summed E-state index contributed by atoms with van der Waals surface area (Å²) in [7, 11) is 0. The number of hydrogen-bond donors (Lipinski definition) is 1. The summed E-state index contributed by atoms with van der Waals surface area (Å²) in [5.74, 6) is 1.71. The molecule has 1 aromatic carbocycles. The molecular formula is C25H27IN4OS. The number of aryl methyl sites for hydroxylation is 1. The maximum atomic E-state index is 6.79. The molecule has 2 aromatic heterocycles. The third-order valence-electron chi connectivity index (χ3n) is 6.84. The average Bonchev–Trinajstić information content (AvgIpc) is 3.54. The first-order valence-corrected chi connectivity index (χ1v) is 15.8. The van der Waals surface area contributed by atoms with Crippen LogP contribution in [0.25, 0.3) is 17.3 Å². The van der Waals surface area contributed by atoms with Gasteiger partial charge in [-0.05, 0) is 0 Å². The standard InChI is InChI=1S/C25H27IN4OS/c1-15-7-19(10-22(15)26-5-3-20-16(2)28-13-29-25(20)26)31-24-9-18(23-12-32-14-30-23)8-17-4-6-27-11-21(17)24/h3,5,8-9,12-15,19,22,27H,4,6-7,10-11H2,1-2H3/t15-,19-,22-/m1/s1. The van der Waals surface area contributed by atoms with Crippen molar-refractivity contribution in [1.29, 1.82) is 0 Å². The van der Waals surface area contributed by atoms with E-state index in [1.807, 2.05) is 5.51 Å². The predicted octanol–water partition coefficient (Wildman–Crippen LogP) is 5.46. The fraction of sp³-hybridized carbons (Fsp3) is 0.400. The van der Waals surface area contributed by atoms with Gasteiger partial charge < -0.3 is 0 Å². The number of hydrogen-bond acceptors (Lipinski definition) is 6. The van der Waals surface area contributed by atoms with Gasteiger partial charge in [-0.3, -0.25) is 0 Å². The Labute approximate surface area is 200 Å². The van der Waals surface area contributed by atoms with Gasteiger partial charge in [-0.2, -0.15) is 0 Å². The molecule has 0 spiro atoms. The molecule has 3 atom stereocenters. The number of aromatic nitrogens is 3. The topological polar surface area (TPSA) is 59.9 Å². The Hall–Kier alpha value is -1.84. The molecule has 32 heavy (non-hydrogen) atoms. The van der Waals surface area contributed by atoms with Gasteiger partial charge in [0.1, 0.15) is 0 Å². The number of halogens is 1. The van der Waals surface area contributed by atoms with Crippen LogP contribution in [0.4, 0.5) is 0 Å². The third-order valence-corrected chi connectivity index (χ3v) is 14.1. The first-order valence-electron chi connectivity index (χ1n) is 11.3.